The fourth-order valence-electron chi connectivity index (χ4n) is 5.16. The van der Waals surface area contributed by atoms with E-state index in [9.17, 15) is 0 Å². The van der Waals surface area contributed by atoms with Crippen LogP contribution < -0.4 is 10.0 Å². The molecule has 2 aliphatic rings. The van der Waals surface area contributed by atoms with Crippen molar-refractivity contribution in [2.75, 3.05) is 7.11 Å². The van der Waals surface area contributed by atoms with Crippen molar-refractivity contribution in [2.24, 2.45) is 0 Å². The normalized spacial score (nSPS) is 19.6. The van der Waals surface area contributed by atoms with Crippen molar-refractivity contribution in [3.63, 3.8) is 0 Å². The third-order valence-corrected chi connectivity index (χ3v) is 9.97. The fourth-order valence-corrected chi connectivity index (χ4v) is 8.68. The lowest BCUT2D eigenvalue weighted by molar-refractivity contribution is 0.414. The summed E-state index contributed by atoms with van der Waals surface area (Å²) in [6, 6.07) is 27.7. The van der Waals surface area contributed by atoms with Crippen molar-refractivity contribution in [3.05, 3.63) is 114 Å². The number of hydrogen-bond acceptors (Lipinski definition) is 4. The summed E-state index contributed by atoms with van der Waals surface area (Å²) in [6.07, 6.45) is 4.81. The quantitative estimate of drug-likeness (QED) is 0.325. The predicted octanol–water partition coefficient (Wildman–Crippen LogP) is 6.28. The molecule has 6 rings (SSSR count). The van der Waals surface area contributed by atoms with Crippen molar-refractivity contribution in [2.45, 2.75) is 19.3 Å². The maximum atomic E-state index is 15.3. The molecular weight excluding hydrogens is 441 g/mol. The number of ether oxygens (including phenoxy) is 1. The number of fused-ring (bicyclic) bond motifs is 1. The largest absolute Gasteiger partial charge is 0.497 e. The van der Waals surface area contributed by atoms with E-state index in [1.165, 1.54) is 11.1 Å². The molecule has 1 atom stereocenters. The number of nitrogens with zero attached hydrogens (tertiary/aromatic N) is 3. The minimum Gasteiger partial charge on any atom is -0.497 e. The predicted molar refractivity (Wildman–Crippen MR) is 136 cm³/mol. The van der Waals surface area contributed by atoms with Crippen molar-refractivity contribution >= 4 is 23.1 Å². The number of benzene rings is 3. The van der Waals surface area contributed by atoms with Crippen LogP contribution in [-0.2, 0) is 4.57 Å². The summed E-state index contributed by atoms with van der Waals surface area (Å²) in [5.41, 5.74) is 5.01. The van der Waals surface area contributed by atoms with Crippen LogP contribution in [0.25, 0.3) is 16.3 Å². The summed E-state index contributed by atoms with van der Waals surface area (Å²) < 4.78 is 22.3. The van der Waals surface area contributed by atoms with Crippen molar-refractivity contribution in [1.29, 1.82) is 0 Å². The lowest BCUT2D eigenvalue weighted by atomic mass is 10.0. The molecule has 1 aliphatic heterocycles. The third kappa shape index (κ3) is 3.19. The van der Waals surface area contributed by atoms with E-state index < -0.39 is 7.14 Å². The monoisotopic (exact) mass is 465 g/mol. The van der Waals surface area contributed by atoms with Crippen molar-refractivity contribution in [1.82, 2.24) is 15.0 Å². The molecule has 0 spiro atoms. The van der Waals surface area contributed by atoms with Crippen LogP contribution in [0, 0.1) is 0 Å². The summed E-state index contributed by atoms with van der Waals surface area (Å²) in [5.74, 6) is 0.783. The zero-order valence-corrected chi connectivity index (χ0v) is 19.8. The van der Waals surface area contributed by atoms with Crippen LogP contribution in [0.1, 0.15) is 30.5 Å². The van der Waals surface area contributed by atoms with E-state index in [1.807, 2.05) is 79.0 Å². The molecule has 1 fully saturated rings. The summed E-state index contributed by atoms with van der Waals surface area (Å²) in [6.45, 7) is 0. The number of methoxy groups -OCH3 is 1. The molecule has 1 aliphatic carbocycles. The summed E-state index contributed by atoms with van der Waals surface area (Å²) in [4.78, 5) is 0. The molecule has 34 heavy (non-hydrogen) atoms. The van der Waals surface area contributed by atoms with Gasteiger partial charge in [-0.2, -0.15) is 0 Å². The van der Waals surface area contributed by atoms with Gasteiger partial charge in [0.15, 0.2) is 7.14 Å². The maximum absolute atomic E-state index is 15.3. The molecule has 0 amide bonds. The molecule has 1 aromatic heterocycles. The fraction of sp³-hybridized carbons (Fsp3) is 0.143. The van der Waals surface area contributed by atoms with Gasteiger partial charge in [0.05, 0.1) is 24.3 Å². The highest BCUT2D eigenvalue weighted by molar-refractivity contribution is 7.90. The first-order valence-electron chi connectivity index (χ1n) is 11.5. The van der Waals surface area contributed by atoms with Gasteiger partial charge in [-0.25, -0.2) is 4.68 Å². The average molecular weight is 465 g/mol. The zero-order valence-electron chi connectivity index (χ0n) is 18.9. The highest BCUT2D eigenvalue weighted by atomic mass is 31.2. The molecule has 2 heterocycles. The Morgan fingerprint density at radius 1 is 0.824 bits per heavy atom. The van der Waals surface area contributed by atoms with E-state index >= 15 is 4.57 Å². The van der Waals surface area contributed by atoms with Crippen molar-refractivity contribution < 1.29 is 9.30 Å². The number of allylic oxidation sites excluding steroid dienone is 2. The summed E-state index contributed by atoms with van der Waals surface area (Å²) in [5, 5.41) is 11.6. The van der Waals surface area contributed by atoms with Crippen LogP contribution in [0.5, 0.6) is 5.75 Å². The van der Waals surface area contributed by atoms with Crippen LogP contribution in [0.15, 0.2) is 102 Å². The van der Waals surface area contributed by atoms with Gasteiger partial charge in [-0.15, -0.1) is 5.10 Å². The molecule has 5 nitrogen and oxygen atoms in total. The molecule has 4 aromatic rings. The van der Waals surface area contributed by atoms with E-state index in [0.29, 0.717) is 5.69 Å². The minimum absolute atomic E-state index is 0.684. The SMILES string of the molecule is COc1ccc(-n2cc(C3=C4CCCC4=C(c4ccccc4)P3(=O)c3ccccc3)nn2)cc1. The lowest BCUT2D eigenvalue weighted by Crippen LogP contribution is -2.06. The summed E-state index contributed by atoms with van der Waals surface area (Å²) in [7, 11) is -1.48. The zero-order chi connectivity index (χ0) is 23.1. The van der Waals surface area contributed by atoms with E-state index in [1.54, 1.807) is 11.8 Å². The Bertz CT molecular complexity index is 1470. The van der Waals surface area contributed by atoms with Gasteiger partial charge < -0.3 is 9.30 Å². The second kappa shape index (κ2) is 8.27. The molecule has 0 bridgehead atoms. The van der Waals surface area contributed by atoms with E-state index in [2.05, 4.69) is 22.4 Å². The first kappa shape index (κ1) is 20.9. The van der Waals surface area contributed by atoms with Crippen LogP contribution in [-0.4, -0.2) is 22.1 Å². The van der Waals surface area contributed by atoms with Gasteiger partial charge in [-0.1, -0.05) is 65.9 Å². The molecule has 1 unspecified atom stereocenters. The van der Waals surface area contributed by atoms with E-state index in [0.717, 1.165) is 52.2 Å². The molecule has 6 heteroatoms. The maximum Gasteiger partial charge on any atom is 0.174 e. The van der Waals surface area contributed by atoms with Gasteiger partial charge in [0.2, 0.25) is 0 Å². The van der Waals surface area contributed by atoms with Crippen LogP contribution in [0.4, 0.5) is 0 Å². The smallest absolute Gasteiger partial charge is 0.174 e. The molecule has 3 aromatic carbocycles. The van der Waals surface area contributed by atoms with Crippen LogP contribution in [0.3, 0.4) is 0 Å². The third-order valence-electron chi connectivity index (χ3n) is 6.66. The lowest BCUT2D eigenvalue weighted by Gasteiger charge is -2.21. The molecule has 0 saturated heterocycles. The first-order chi connectivity index (χ1) is 16.7. The van der Waals surface area contributed by atoms with E-state index in [-0.39, 0.29) is 0 Å². The van der Waals surface area contributed by atoms with Gasteiger partial charge in [-0.05, 0) is 60.2 Å². The van der Waals surface area contributed by atoms with Gasteiger partial charge in [0.25, 0.3) is 0 Å². The Morgan fingerprint density at radius 3 is 2.15 bits per heavy atom. The standard InChI is InChI=1S/C28H24N3O2P/c1-33-22-17-15-21(16-18-22)31-19-26(29-30-31)28-25-14-8-13-24(25)27(20-9-4-2-5-10-20)34(28,32)23-11-6-3-7-12-23/h2-7,9-12,15-19H,8,13-14H2,1H3. The van der Waals surface area contributed by atoms with Crippen LogP contribution in [0.2, 0.25) is 0 Å². The van der Waals surface area contributed by atoms with E-state index in [4.69, 9.17) is 4.74 Å². The average Bonchev–Trinajstić information content (AvgIpc) is 3.61. The molecule has 0 radical (unpaired) electrons. The summed E-state index contributed by atoms with van der Waals surface area (Å²) >= 11 is 0. The number of rotatable bonds is 5. The Labute approximate surface area is 198 Å². The van der Waals surface area contributed by atoms with Crippen LogP contribution >= 0.6 is 7.14 Å². The second-order valence-electron chi connectivity index (χ2n) is 8.57. The number of hydrogen-bond donors (Lipinski definition) is 0. The van der Waals surface area contributed by atoms with Gasteiger partial charge in [0, 0.05) is 10.6 Å². The topological polar surface area (TPSA) is 57.0 Å². The molecular formula is C28H24N3O2P. The van der Waals surface area contributed by atoms with Gasteiger partial charge in [-0.3, -0.25) is 0 Å². The minimum atomic E-state index is -3.13. The second-order valence-corrected chi connectivity index (χ2v) is 11.2. The molecule has 0 N–H and O–H groups in total. The Balaban J connectivity index is 1.54. The van der Waals surface area contributed by atoms with Gasteiger partial charge in [0.1, 0.15) is 11.4 Å². The highest BCUT2D eigenvalue weighted by Crippen LogP contribution is 2.75. The Hall–Kier alpha value is -3.69. The van der Waals surface area contributed by atoms with Crippen molar-refractivity contribution in [3.8, 4) is 11.4 Å². The van der Waals surface area contributed by atoms with Gasteiger partial charge >= 0.3 is 0 Å². The first-order valence-corrected chi connectivity index (χ1v) is 13.2. The highest BCUT2D eigenvalue weighted by Gasteiger charge is 2.47. The Morgan fingerprint density at radius 2 is 1.47 bits per heavy atom. The Kier molecular flexibility index (Phi) is 5.08. The molecule has 1 saturated carbocycles. The molecule has 168 valence electrons. The number of aromatic nitrogens is 3.